The highest BCUT2D eigenvalue weighted by molar-refractivity contribution is 5.76. The van der Waals surface area contributed by atoms with Crippen LogP contribution in [0.1, 0.15) is 463 Å². The molecule has 0 saturated carbocycles. The van der Waals surface area contributed by atoms with Crippen molar-refractivity contribution in [2.45, 2.75) is 475 Å². The van der Waals surface area contributed by atoms with Crippen molar-refractivity contribution in [1.82, 2.24) is 5.32 Å². The van der Waals surface area contributed by atoms with Gasteiger partial charge in [-0.2, -0.15) is 0 Å². The molecule has 6 heteroatoms. The number of unbranched alkanes of at least 4 members (excludes halogenated alkanes) is 63. The van der Waals surface area contributed by atoms with Crippen molar-refractivity contribution < 1.29 is 24.5 Å². The molecule has 2 unspecified atom stereocenters. The van der Waals surface area contributed by atoms with Gasteiger partial charge in [0.15, 0.2) is 0 Å². The Balaban J connectivity index is 3.38. The Labute approximate surface area is 564 Å². The Bertz CT molecular complexity index is 1460. The van der Waals surface area contributed by atoms with Gasteiger partial charge in [-0.25, -0.2) is 0 Å². The summed E-state index contributed by atoms with van der Waals surface area (Å²) in [6.45, 7) is 4.95. The van der Waals surface area contributed by atoms with Crippen LogP contribution in [0, 0.1) is 0 Å². The minimum Gasteiger partial charge on any atom is -0.466 e. The largest absolute Gasteiger partial charge is 0.466 e. The predicted octanol–water partition coefficient (Wildman–Crippen LogP) is 27.4. The Hall–Kier alpha value is -1.92. The molecule has 0 aromatic rings. The fourth-order valence-corrected chi connectivity index (χ4v) is 13.1. The van der Waals surface area contributed by atoms with E-state index in [4.69, 9.17) is 4.74 Å². The third-order valence-corrected chi connectivity index (χ3v) is 19.4. The van der Waals surface area contributed by atoms with Crippen molar-refractivity contribution in [3.63, 3.8) is 0 Å². The van der Waals surface area contributed by atoms with Crippen molar-refractivity contribution in [1.29, 1.82) is 0 Å². The lowest BCUT2D eigenvalue weighted by molar-refractivity contribution is -0.143. The molecular weight excluding hydrogens is 1100 g/mol. The van der Waals surface area contributed by atoms with Gasteiger partial charge in [0.2, 0.25) is 5.91 Å². The molecular formula is C84H161NO5. The van der Waals surface area contributed by atoms with Gasteiger partial charge in [0.1, 0.15) is 0 Å². The molecule has 0 radical (unpaired) electrons. The smallest absolute Gasteiger partial charge is 0.305 e. The zero-order valence-electron chi connectivity index (χ0n) is 61.1. The monoisotopic (exact) mass is 1260 g/mol. The Morgan fingerprint density at radius 2 is 0.556 bits per heavy atom. The zero-order chi connectivity index (χ0) is 64.9. The standard InChI is InChI=1S/C84H161NO5/c1-3-5-7-9-11-13-15-16-17-18-19-20-38-41-44-47-50-53-57-60-64-68-72-76-82(87)81(80-86)85-83(88)77-73-69-65-61-58-54-51-48-45-42-39-36-34-32-30-28-26-24-22-21-23-25-27-29-31-33-35-37-40-43-46-49-52-55-59-63-67-71-75-79-90-84(89)78-74-70-66-62-56-14-12-10-8-6-4-2/h21-22,25,27,72,76,81-82,86-87H,3-20,23-24,26,28-71,73-75,77-80H2,1-2H3,(H,85,88)/b22-21-,27-25-,76-72+. The van der Waals surface area contributed by atoms with Crippen molar-refractivity contribution in [3.05, 3.63) is 36.5 Å². The fraction of sp³-hybridized carbons (Fsp3) is 0.905. The number of allylic oxidation sites excluding steroid dienone is 5. The third kappa shape index (κ3) is 75.1. The minimum atomic E-state index is -0.844. The minimum absolute atomic E-state index is 0.0205. The normalized spacial score (nSPS) is 12.6. The van der Waals surface area contributed by atoms with Crippen LogP contribution in [0.3, 0.4) is 0 Å². The lowest BCUT2D eigenvalue weighted by Crippen LogP contribution is -2.45. The first-order chi connectivity index (χ1) is 44.5. The predicted molar refractivity (Wildman–Crippen MR) is 398 cm³/mol. The SMILES string of the molecule is CCCCCCCCCCCCCCCCCCCCCCC/C=C/C(O)C(CO)NC(=O)CCCCCCCCCCCCCCCCCCC/C=C\C/C=C\CCCCCCCCCCCCCCCCCOC(=O)CCCCCCCCCCCCC. The first-order valence-corrected chi connectivity index (χ1v) is 41.3. The summed E-state index contributed by atoms with van der Waals surface area (Å²) in [7, 11) is 0. The van der Waals surface area contributed by atoms with Gasteiger partial charge < -0.3 is 20.3 Å². The molecule has 532 valence electrons. The number of rotatable bonds is 78. The summed E-state index contributed by atoms with van der Waals surface area (Å²) in [5.74, 6) is -0.0393. The molecule has 0 aromatic heterocycles. The van der Waals surface area contributed by atoms with E-state index in [2.05, 4.69) is 43.5 Å². The summed E-state index contributed by atoms with van der Waals surface area (Å²) in [5.41, 5.74) is 0. The van der Waals surface area contributed by atoms with Crippen LogP contribution in [0.25, 0.3) is 0 Å². The molecule has 0 saturated heterocycles. The fourth-order valence-electron chi connectivity index (χ4n) is 13.1. The Morgan fingerprint density at radius 1 is 0.311 bits per heavy atom. The highest BCUT2D eigenvalue weighted by atomic mass is 16.5. The topological polar surface area (TPSA) is 95.9 Å². The number of carbonyl (C=O) groups excluding carboxylic acids is 2. The maximum absolute atomic E-state index is 12.6. The molecule has 90 heavy (non-hydrogen) atoms. The lowest BCUT2D eigenvalue weighted by atomic mass is 10.0. The lowest BCUT2D eigenvalue weighted by Gasteiger charge is -2.20. The van der Waals surface area contributed by atoms with E-state index in [0.717, 1.165) is 44.9 Å². The Morgan fingerprint density at radius 3 is 0.844 bits per heavy atom. The van der Waals surface area contributed by atoms with Gasteiger partial charge in [0, 0.05) is 12.8 Å². The summed E-state index contributed by atoms with van der Waals surface area (Å²) >= 11 is 0. The number of aliphatic hydroxyl groups excluding tert-OH is 2. The van der Waals surface area contributed by atoms with E-state index in [-0.39, 0.29) is 18.5 Å². The second-order valence-electron chi connectivity index (χ2n) is 28.5. The van der Waals surface area contributed by atoms with Crippen LogP contribution in [-0.4, -0.2) is 47.4 Å². The number of hydrogen-bond acceptors (Lipinski definition) is 5. The van der Waals surface area contributed by atoms with Gasteiger partial charge in [-0.1, -0.05) is 423 Å². The summed E-state index contributed by atoms with van der Waals surface area (Å²) in [5, 5.41) is 23.3. The van der Waals surface area contributed by atoms with Gasteiger partial charge in [-0.15, -0.1) is 0 Å². The second-order valence-corrected chi connectivity index (χ2v) is 28.5. The maximum atomic E-state index is 12.6. The van der Waals surface area contributed by atoms with Gasteiger partial charge in [0.05, 0.1) is 25.4 Å². The van der Waals surface area contributed by atoms with Crippen LogP contribution < -0.4 is 5.32 Å². The molecule has 2 atom stereocenters. The summed E-state index contributed by atoms with van der Waals surface area (Å²) < 4.78 is 5.48. The van der Waals surface area contributed by atoms with Gasteiger partial charge in [-0.05, 0) is 64.2 Å². The number of amides is 1. The highest BCUT2D eigenvalue weighted by Crippen LogP contribution is 2.20. The molecule has 1 amide bonds. The van der Waals surface area contributed by atoms with Crippen molar-refractivity contribution >= 4 is 11.9 Å². The first kappa shape index (κ1) is 88.1. The van der Waals surface area contributed by atoms with Gasteiger partial charge in [0.25, 0.3) is 0 Å². The molecule has 3 N–H and O–H groups in total. The quantitative estimate of drug-likeness (QED) is 0.0320. The van der Waals surface area contributed by atoms with E-state index in [9.17, 15) is 19.8 Å². The van der Waals surface area contributed by atoms with E-state index >= 15 is 0 Å². The highest BCUT2D eigenvalue weighted by Gasteiger charge is 2.18. The van der Waals surface area contributed by atoms with Crippen LogP contribution >= 0.6 is 0 Å². The molecule has 6 nitrogen and oxygen atoms in total. The summed E-state index contributed by atoms with van der Waals surface area (Å²) in [6, 6.07) is -0.627. The molecule has 0 heterocycles. The summed E-state index contributed by atoms with van der Waals surface area (Å²) in [4.78, 5) is 24.6. The van der Waals surface area contributed by atoms with E-state index < -0.39 is 12.1 Å². The molecule has 0 aliphatic carbocycles. The number of ether oxygens (including phenoxy) is 1. The molecule has 0 aliphatic rings. The van der Waals surface area contributed by atoms with Crippen molar-refractivity contribution in [2.75, 3.05) is 13.2 Å². The van der Waals surface area contributed by atoms with E-state index in [0.29, 0.717) is 19.4 Å². The number of hydrogen-bond donors (Lipinski definition) is 3. The average molecular weight is 1270 g/mol. The second kappa shape index (κ2) is 79.5. The molecule has 0 fully saturated rings. The Kier molecular flexibility index (Phi) is 77.8. The molecule has 0 rings (SSSR count). The van der Waals surface area contributed by atoms with Crippen LogP contribution in [-0.2, 0) is 14.3 Å². The van der Waals surface area contributed by atoms with E-state index in [1.807, 2.05) is 6.08 Å². The van der Waals surface area contributed by atoms with Crippen LogP contribution in [0.5, 0.6) is 0 Å². The van der Waals surface area contributed by atoms with Crippen molar-refractivity contribution in [2.24, 2.45) is 0 Å². The third-order valence-electron chi connectivity index (χ3n) is 19.4. The zero-order valence-corrected chi connectivity index (χ0v) is 61.1. The van der Waals surface area contributed by atoms with E-state index in [1.165, 1.54) is 392 Å². The van der Waals surface area contributed by atoms with Gasteiger partial charge >= 0.3 is 5.97 Å². The molecule has 0 spiro atoms. The van der Waals surface area contributed by atoms with Crippen LogP contribution in [0.15, 0.2) is 36.5 Å². The van der Waals surface area contributed by atoms with Gasteiger partial charge in [-0.3, -0.25) is 9.59 Å². The van der Waals surface area contributed by atoms with Crippen molar-refractivity contribution in [3.8, 4) is 0 Å². The molecule has 0 bridgehead atoms. The first-order valence-electron chi connectivity index (χ1n) is 41.3. The average Bonchev–Trinajstić information content (AvgIpc) is 3.62. The maximum Gasteiger partial charge on any atom is 0.305 e. The number of carbonyl (C=O) groups is 2. The molecule has 0 aliphatic heterocycles. The van der Waals surface area contributed by atoms with Crippen LogP contribution in [0.4, 0.5) is 0 Å². The van der Waals surface area contributed by atoms with E-state index in [1.54, 1.807) is 6.08 Å². The summed E-state index contributed by atoms with van der Waals surface area (Å²) in [6.07, 6.45) is 104. The number of esters is 1. The number of aliphatic hydroxyl groups is 2. The number of nitrogens with one attached hydrogen (secondary N) is 1. The molecule has 0 aromatic carbocycles. The van der Waals surface area contributed by atoms with Crippen LogP contribution in [0.2, 0.25) is 0 Å².